The van der Waals surface area contributed by atoms with Crippen molar-refractivity contribution in [3.8, 4) is 0 Å². The maximum Gasteiger partial charge on any atom is 0.364 e. The van der Waals surface area contributed by atoms with Gasteiger partial charge in [-0.2, -0.15) is 0 Å². The Kier molecular flexibility index (Phi) is 46.4. The molecule has 5 rings (SSSR count). The third-order valence-electron chi connectivity index (χ3n) is 21.7. The Morgan fingerprint density at radius 3 is 1.36 bits per heavy atom. The van der Waals surface area contributed by atoms with Crippen molar-refractivity contribution in [2.24, 2.45) is 0 Å². The summed E-state index contributed by atoms with van der Waals surface area (Å²) in [7, 11) is 0. The molecule has 22 N–H and O–H groups in total. The second-order valence-electron chi connectivity index (χ2n) is 30.6. The molecule has 0 bridgehead atoms. The van der Waals surface area contributed by atoms with E-state index < -0.39 is 247 Å². The van der Waals surface area contributed by atoms with Crippen molar-refractivity contribution in [2.45, 2.75) is 416 Å². The number of carboxylic acid groups (broad SMARTS) is 1. The Morgan fingerprint density at radius 2 is 0.882 bits per heavy atom. The number of ether oxygens (including phenoxy) is 10. The van der Waals surface area contributed by atoms with Gasteiger partial charge in [-0.15, -0.1) is 0 Å². The van der Waals surface area contributed by atoms with E-state index >= 15 is 0 Å². The van der Waals surface area contributed by atoms with Crippen LogP contribution in [0.1, 0.15) is 233 Å². The first-order valence-electron chi connectivity index (χ1n) is 40.6. The number of carbonyl (C=O) groups excluding carboxylic acids is 2. The van der Waals surface area contributed by atoms with Crippen molar-refractivity contribution < 1.29 is 164 Å². The summed E-state index contributed by atoms with van der Waals surface area (Å²) < 4.78 is 58.1. The minimum Gasteiger partial charge on any atom is -0.477 e. The van der Waals surface area contributed by atoms with Crippen molar-refractivity contribution in [3.05, 3.63) is 0 Å². The smallest absolute Gasteiger partial charge is 0.364 e. The highest BCUT2D eigenvalue weighted by atomic mass is 16.8. The van der Waals surface area contributed by atoms with Crippen molar-refractivity contribution in [2.75, 3.05) is 39.6 Å². The van der Waals surface area contributed by atoms with Gasteiger partial charge < -0.3 is 160 Å². The highest BCUT2D eigenvalue weighted by Crippen LogP contribution is 2.42. The van der Waals surface area contributed by atoms with Gasteiger partial charge >= 0.3 is 5.97 Å². The molecule has 0 unspecified atom stereocenters. The quantitative estimate of drug-likeness (QED) is 0.0309. The first-order chi connectivity index (χ1) is 52.7. The van der Waals surface area contributed by atoms with Crippen LogP contribution in [0.3, 0.4) is 0 Å². The SMILES string of the molecule is CCCCCCCCCCCCCCCCCCCCCC[C@@H](O)C(=O)N[C@@H](CO[C@@H]1O[C@H](CO)[C@@H](O[C@@H]2O[C@H](CO)[C@H](O[C@]3(C(=O)O)C[C@H](O[C@H]4O[C@H](CO)[C@H](O)[C@H](O[C@@H]5O[C@@H]([C@@H](O)CO)[C@H](O)[C@H]5O)[C@H]4O)[C@@H](NC(C)=O)[C@H]([C@H](O)[C@H](O)CO)O3)[C@H](O)[C@H]2O)[C@H](O)[C@H]1O)[C@H](O)[C@H](O)CCCCCCCCCCCC. The molecule has 646 valence electrons. The van der Waals surface area contributed by atoms with Crippen LogP contribution in [0.2, 0.25) is 0 Å². The number of unbranched alkanes of at least 4 members (excludes halogenated alkanes) is 28. The molecule has 0 aliphatic carbocycles. The van der Waals surface area contributed by atoms with Gasteiger partial charge in [-0.25, -0.2) is 4.79 Å². The van der Waals surface area contributed by atoms with Crippen LogP contribution in [0.4, 0.5) is 0 Å². The first-order valence-corrected chi connectivity index (χ1v) is 40.6. The molecule has 35 heteroatoms. The van der Waals surface area contributed by atoms with Gasteiger partial charge in [0, 0.05) is 13.3 Å². The molecule has 2 amide bonds. The van der Waals surface area contributed by atoms with Gasteiger partial charge in [0.05, 0.1) is 63.9 Å². The van der Waals surface area contributed by atoms with Gasteiger partial charge in [0.25, 0.3) is 5.79 Å². The number of hydrogen-bond donors (Lipinski definition) is 22. The van der Waals surface area contributed by atoms with E-state index in [1.807, 2.05) is 0 Å². The van der Waals surface area contributed by atoms with Crippen LogP contribution in [0.25, 0.3) is 0 Å². The van der Waals surface area contributed by atoms with E-state index in [4.69, 9.17) is 47.4 Å². The van der Waals surface area contributed by atoms with E-state index in [9.17, 15) is 117 Å². The molecule has 0 radical (unpaired) electrons. The lowest BCUT2D eigenvalue weighted by atomic mass is 9.87. The topological polar surface area (TPSA) is 572 Å². The Labute approximate surface area is 645 Å². The third kappa shape index (κ3) is 30.0. The van der Waals surface area contributed by atoms with E-state index in [1.165, 1.54) is 109 Å². The predicted molar refractivity (Wildman–Crippen MR) is 388 cm³/mol. The molecule has 30 atom stereocenters. The number of aliphatic carboxylic acids is 1. The fourth-order valence-corrected chi connectivity index (χ4v) is 15.0. The number of aliphatic hydroxyl groups is 19. The Balaban J connectivity index is 1.24. The molecular formula is C75H138N2O33. The first kappa shape index (κ1) is 97.8. The van der Waals surface area contributed by atoms with Crippen LogP contribution in [-0.2, 0) is 61.8 Å². The molecule has 5 heterocycles. The lowest BCUT2D eigenvalue weighted by Gasteiger charge is -2.52. The number of hydrogen-bond acceptors (Lipinski definition) is 32. The van der Waals surface area contributed by atoms with Crippen LogP contribution in [0.5, 0.6) is 0 Å². The summed E-state index contributed by atoms with van der Waals surface area (Å²) in [5.41, 5.74) is 0. The standard InChI is InChI=1S/C75H138N2O33/c1-4-6-8-10-12-14-16-17-18-19-20-21-22-23-24-25-27-29-31-33-35-46(85)69(98)77-44(54(88)45(84)34-32-30-28-26-15-13-11-9-7-5-2)42-101-70-60(94)58(92)65(51(40-81)104-70)107-71-62(96)59(93)66(52(41-82)105-71)109-75(74(99)100)36-49(53(76-43(3)83)67(110-75)55(89)47(86)37-78)102-73-63(97)68(56(90)50(39-80)103-73)108-72-61(95)57(91)64(106-72)48(87)38-79/h44-68,70-73,78-82,84-97H,4-42H2,1-3H3,(H,76,83)(H,77,98)(H,99,100)/t44-,45+,46+,47+,48-,49-,50+,51+,52+,53+,54-,55+,56-,57+,58+,59+,60+,61+,62+,63+,64-,65+,66-,67+,68-,70+,71-,72-,73-,75+/m0/s1. The van der Waals surface area contributed by atoms with Gasteiger partial charge in [-0.1, -0.05) is 206 Å². The van der Waals surface area contributed by atoms with E-state index in [0.717, 1.165) is 77.6 Å². The maximum absolute atomic E-state index is 13.8. The normalized spacial score (nSPS) is 34.1. The van der Waals surface area contributed by atoms with Crippen LogP contribution in [0.15, 0.2) is 0 Å². The Morgan fingerprint density at radius 1 is 0.455 bits per heavy atom. The van der Waals surface area contributed by atoms with E-state index in [-0.39, 0.29) is 12.8 Å². The van der Waals surface area contributed by atoms with Crippen LogP contribution < -0.4 is 10.6 Å². The molecule has 0 aromatic rings. The monoisotopic (exact) mass is 1590 g/mol. The summed E-state index contributed by atoms with van der Waals surface area (Å²) in [5, 5.41) is 225. The molecule has 0 spiro atoms. The fourth-order valence-electron chi connectivity index (χ4n) is 15.0. The van der Waals surface area contributed by atoms with Gasteiger partial charge in [0.15, 0.2) is 25.2 Å². The number of nitrogens with one attached hydrogen (secondary N) is 2. The number of carboxylic acids is 1. The fraction of sp³-hybridized carbons (Fsp3) is 0.960. The molecule has 110 heavy (non-hydrogen) atoms. The minimum atomic E-state index is -3.37. The lowest BCUT2D eigenvalue weighted by molar-refractivity contribution is -0.392. The highest BCUT2D eigenvalue weighted by Gasteiger charge is 2.62. The Hall–Kier alpha value is -2.75. The third-order valence-corrected chi connectivity index (χ3v) is 21.7. The summed E-state index contributed by atoms with van der Waals surface area (Å²) in [6.07, 6.45) is -21.6. The molecule has 5 fully saturated rings. The summed E-state index contributed by atoms with van der Waals surface area (Å²) >= 11 is 0. The van der Waals surface area contributed by atoms with E-state index in [2.05, 4.69) is 24.5 Å². The second kappa shape index (κ2) is 52.1. The van der Waals surface area contributed by atoms with Crippen molar-refractivity contribution in [1.29, 1.82) is 0 Å². The Bertz CT molecular complexity index is 2470. The second-order valence-corrected chi connectivity index (χ2v) is 30.6. The number of aliphatic hydroxyl groups excluding tert-OH is 19. The van der Waals surface area contributed by atoms with Crippen LogP contribution >= 0.6 is 0 Å². The maximum atomic E-state index is 13.8. The molecule has 0 aromatic heterocycles. The number of amides is 2. The summed E-state index contributed by atoms with van der Waals surface area (Å²) in [6, 6.07) is -3.33. The highest BCUT2D eigenvalue weighted by molar-refractivity contribution is 5.80. The van der Waals surface area contributed by atoms with E-state index in [0.29, 0.717) is 12.8 Å². The molecular weight excluding hydrogens is 1460 g/mol. The molecule has 0 aromatic carbocycles. The van der Waals surface area contributed by atoms with Crippen molar-refractivity contribution >= 4 is 17.8 Å². The average Bonchev–Trinajstić information content (AvgIpc) is 0.770. The van der Waals surface area contributed by atoms with Gasteiger partial charge in [-0.05, 0) is 12.8 Å². The number of rotatable bonds is 57. The number of carbonyl (C=O) groups is 3. The van der Waals surface area contributed by atoms with Gasteiger partial charge in [-0.3, -0.25) is 9.59 Å². The predicted octanol–water partition coefficient (Wildman–Crippen LogP) is -1.46. The van der Waals surface area contributed by atoms with Crippen LogP contribution in [0, 0.1) is 0 Å². The van der Waals surface area contributed by atoms with E-state index in [1.54, 1.807) is 0 Å². The summed E-state index contributed by atoms with van der Waals surface area (Å²) in [6.45, 7) is -0.899. The van der Waals surface area contributed by atoms with Gasteiger partial charge in [0.2, 0.25) is 11.8 Å². The summed E-state index contributed by atoms with van der Waals surface area (Å²) in [5.74, 6) is -7.34. The zero-order valence-corrected chi connectivity index (χ0v) is 64.6. The zero-order valence-electron chi connectivity index (χ0n) is 64.6. The molecule has 5 saturated heterocycles. The molecule has 5 aliphatic heterocycles. The zero-order chi connectivity index (χ0) is 81.0. The molecule has 0 saturated carbocycles. The van der Waals surface area contributed by atoms with Crippen molar-refractivity contribution in [3.63, 3.8) is 0 Å². The van der Waals surface area contributed by atoms with Crippen molar-refractivity contribution in [1.82, 2.24) is 10.6 Å². The average molecular weight is 1600 g/mol. The van der Waals surface area contributed by atoms with Gasteiger partial charge in [0.1, 0.15) is 128 Å². The largest absolute Gasteiger partial charge is 0.477 e. The molecule has 5 aliphatic rings. The lowest BCUT2D eigenvalue weighted by Crippen LogP contribution is -2.72. The molecule has 35 nitrogen and oxygen atoms in total. The summed E-state index contributed by atoms with van der Waals surface area (Å²) in [4.78, 5) is 40.3. The minimum absolute atomic E-state index is 0.0970. The van der Waals surface area contributed by atoms with Crippen LogP contribution in [-0.4, -0.2) is 343 Å².